The van der Waals surface area contributed by atoms with Gasteiger partial charge in [0.2, 0.25) is 0 Å². The van der Waals surface area contributed by atoms with Gasteiger partial charge in [-0.05, 0) is 13.3 Å². The number of nitrogens with zero attached hydrogens (tertiary/aromatic N) is 2. The van der Waals surface area contributed by atoms with Crippen molar-refractivity contribution in [1.29, 1.82) is 0 Å². The third kappa shape index (κ3) is 3.63. The van der Waals surface area contributed by atoms with Crippen LogP contribution in [0, 0.1) is 0 Å². The Hall–Kier alpha value is -0.730. The molecular formula is C9H13ClF2N2O3S. The van der Waals surface area contributed by atoms with Crippen molar-refractivity contribution in [1.82, 2.24) is 9.78 Å². The maximum atomic E-state index is 12.6. The predicted octanol–water partition coefficient (Wildman–Crippen LogP) is 2.52. The third-order valence-corrected chi connectivity index (χ3v) is 3.75. The standard InChI is InChI=1S/C9H13ClF2N2O3S/c1-3-6(2)17-5-7-8(18(10,15)16)4-13-14(7)9(11)12/h4,6,9H,3,5H2,1-2H3/t6-/m0/s1. The van der Waals surface area contributed by atoms with Crippen molar-refractivity contribution in [3.63, 3.8) is 0 Å². The Morgan fingerprint density at radius 1 is 1.56 bits per heavy atom. The van der Waals surface area contributed by atoms with Crippen molar-refractivity contribution >= 4 is 19.7 Å². The molecule has 0 N–H and O–H groups in total. The highest BCUT2D eigenvalue weighted by Crippen LogP contribution is 2.24. The van der Waals surface area contributed by atoms with E-state index in [-0.39, 0.29) is 23.1 Å². The summed E-state index contributed by atoms with van der Waals surface area (Å²) in [5.41, 5.74) is -0.250. The molecule has 0 unspecified atom stereocenters. The number of rotatable bonds is 6. The van der Waals surface area contributed by atoms with Crippen LogP contribution in [0.4, 0.5) is 8.78 Å². The summed E-state index contributed by atoms with van der Waals surface area (Å²) in [5, 5.41) is 3.31. The summed E-state index contributed by atoms with van der Waals surface area (Å²) in [6.45, 7) is 0.361. The first-order valence-electron chi connectivity index (χ1n) is 5.18. The molecule has 104 valence electrons. The Labute approximate surface area is 108 Å². The lowest BCUT2D eigenvalue weighted by Crippen LogP contribution is -2.13. The average Bonchev–Trinajstić information content (AvgIpc) is 2.69. The van der Waals surface area contributed by atoms with Crippen LogP contribution in [0.1, 0.15) is 32.5 Å². The molecular weight excluding hydrogens is 290 g/mol. The molecule has 0 radical (unpaired) electrons. The summed E-state index contributed by atoms with van der Waals surface area (Å²) in [5.74, 6) is 0. The van der Waals surface area contributed by atoms with Gasteiger partial charge in [0.25, 0.3) is 9.05 Å². The zero-order valence-electron chi connectivity index (χ0n) is 9.81. The van der Waals surface area contributed by atoms with Gasteiger partial charge >= 0.3 is 6.55 Å². The highest BCUT2D eigenvalue weighted by atomic mass is 35.7. The van der Waals surface area contributed by atoms with Gasteiger partial charge in [0.05, 0.1) is 24.6 Å². The van der Waals surface area contributed by atoms with Crippen LogP contribution in [0.25, 0.3) is 0 Å². The summed E-state index contributed by atoms with van der Waals surface area (Å²) in [7, 11) is 1.02. The summed E-state index contributed by atoms with van der Waals surface area (Å²) in [6, 6.07) is 0. The molecule has 5 nitrogen and oxygen atoms in total. The zero-order chi connectivity index (χ0) is 13.9. The highest BCUT2D eigenvalue weighted by Gasteiger charge is 2.25. The van der Waals surface area contributed by atoms with Crippen LogP contribution in [0.3, 0.4) is 0 Å². The van der Waals surface area contributed by atoms with Gasteiger partial charge in [-0.2, -0.15) is 13.9 Å². The van der Waals surface area contributed by atoms with Crippen LogP contribution >= 0.6 is 10.7 Å². The van der Waals surface area contributed by atoms with E-state index in [0.717, 1.165) is 6.20 Å². The second-order valence-corrected chi connectivity index (χ2v) is 6.18. The second kappa shape index (κ2) is 5.94. The highest BCUT2D eigenvalue weighted by molar-refractivity contribution is 8.13. The molecule has 0 aliphatic rings. The first kappa shape index (κ1) is 15.3. The Kier molecular flexibility index (Phi) is 5.06. The first-order chi connectivity index (χ1) is 8.27. The van der Waals surface area contributed by atoms with Crippen molar-refractivity contribution in [2.24, 2.45) is 0 Å². The summed E-state index contributed by atoms with van der Waals surface area (Å²) < 4.78 is 53.3. The largest absolute Gasteiger partial charge is 0.372 e. The molecule has 0 fully saturated rings. The lowest BCUT2D eigenvalue weighted by Gasteiger charge is -2.12. The second-order valence-electron chi connectivity index (χ2n) is 3.65. The molecule has 0 saturated carbocycles. The van der Waals surface area contributed by atoms with Gasteiger partial charge < -0.3 is 4.74 Å². The van der Waals surface area contributed by atoms with Crippen LogP contribution in [-0.2, 0) is 20.4 Å². The minimum atomic E-state index is -4.13. The van der Waals surface area contributed by atoms with E-state index in [1.54, 1.807) is 6.92 Å². The van der Waals surface area contributed by atoms with Gasteiger partial charge in [-0.3, -0.25) is 0 Å². The average molecular weight is 303 g/mol. The van der Waals surface area contributed by atoms with Gasteiger partial charge in [-0.25, -0.2) is 13.1 Å². The van der Waals surface area contributed by atoms with Crippen LogP contribution < -0.4 is 0 Å². The van der Waals surface area contributed by atoms with Gasteiger partial charge in [0, 0.05) is 10.7 Å². The topological polar surface area (TPSA) is 61.2 Å². The summed E-state index contributed by atoms with van der Waals surface area (Å²) in [4.78, 5) is -0.451. The monoisotopic (exact) mass is 302 g/mol. The minimum absolute atomic E-state index is 0.183. The van der Waals surface area contributed by atoms with Crippen molar-refractivity contribution < 1.29 is 21.9 Å². The summed E-state index contributed by atoms with van der Waals surface area (Å²) >= 11 is 0. The van der Waals surface area contributed by atoms with E-state index in [4.69, 9.17) is 15.4 Å². The quantitative estimate of drug-likeness (QED) is 0.758. The molecule has 0 bridgehead atoms. The number of ether oxygens (including phenoxy) is 1. The smallest absolute Gasteiger partial charge is 0.333 e. The van der Waals surface area contributed by atoms with Crippen LogP contribution in [0.5, 0.6) is 0 Å². The Morgan fingerprint density at radius 3 is 2.61 bits per heavy atom. The molecule has 1 atom stereocenters. The van der Waals surface area contributed by atoms with E-state index in [9.17, 15) is 17.2 Å². The van der Waals surface area contributed by atoms with E-state index in [0.29, 0.717) is 6.42 Å². The molecule has 1 heterocycles. The molecule has 1 aromatic rings. The maximum Gasteiger partial charge on any atom is 0.333 e. The fraction of sp³-hybridized carbons (Fsp3) is 0.667. The molecule has 9 heteroatoms. The Morgan fingerprint density at radius 2 is 2.17 bits per heavy atom. The molecule has 0 amide bonds. The number of hydrogen-bond donors (Lipinski definition) is 0. The Bertz CT molecular complexity index is 504. The molecule has 0 spiro atoms. The third-order valence-electron chi connectivity index (χ3n) is 2.39. The van der Waals surface area contributed by atoms with Crippen molar-refractivity contribution in [2.45, 2.75) is 44.4 Å². The van der Waals surface area contributed by atoms with Gasteiger partial charge in [0.15, 0.2) is 0 Å². The number of alkyl halides is 2. The predicted molar refractivity (Wildman–Crippen MR) is 61.1 cm³/mol. The van der Waals surface area contributed by atoms with E-state index in [1.165, 1.54) is 0 Å². The number of hydrogen-bond acceptors (Lipinski definition) is 4. The number of aromatic nitrogens is 2. The first-order valence-corrected chi connectivity index (χ1v) is 7.49. The fourth-order valence-electron chi connectivity index (χ4n) is 1.22. The normalized spacial score (nSPS) is 14.1. The lowest BCUT2D eigenvalue weighted by molar-refractivity contribution is 0.0205. The molecule has 0 saturated heterocycles. The SMILES string of the molecule is CC[C@H](C)OCc1c(S(=O)(=O)Cl)cnn1C(F)F. The molecule has 0 aliphatic carbocycles. The van der Waals surface area contributed by atoms with E-state index < -0.39 is 20.5 Å². The minimum Gasteiger partial charge on any atom is -0.372 e. The zero-order valence-corrected chi connectivity index (χ0v) is 11.4. The molecule has 1 rings (SSSR count). The van der Waals surface area contributed by atoms with Crippen molar-refractivity contribution in [3.8, 4) is 0 Å². The maximum absolute atomic E-state index is 12.6. The van der Waals surface area contributed by atoms with Crippen LogP contribution in [0.15, 0.2) is 11.1 Å². The van der Waals surface area contributed by atoms with Crippen LogP contribution in [-0.4, -0.2) is 24.3 Å². The fourth-order valence-corrected chi connectivity index (χ4v) is 2.21. The lowest BCUT2D eigenvalue weighted by atomic mass is 10.3. The van der Waals surface area contributed by atoms with Gasteiger partial charge in [-0.15, -0.1) is 0 Å². The van der Waals surface area contributed by atoms with Gasteiger partial charge in [0.1, 0.15) is 4.90 Å². The molecule has 0 aromatic carbocycles. The summed E-state index contributed by atoms with van der Waals surface area (Å²) in [6.07, 6.45) is 1.28. The van der Waals surface area contributed by atoms with Crippen LogP contribution in [0.2, 0.25) is 0 Å². The van der Waals surface area contributed by atoms with Crippen molar-refractivity contribution in [2.75, 3.05) is 0 Å². The van der Waals surface area contributed by atoms with E-state index >= 15 is 0 Å². The molecule has 0 aliphatic heterocycles. The van der Waals surface area contributed by atoms with E-state index in [1.807, 2.05) is 6.92 Å². The Balaban J connectivity index is 3.08. The van der Waals surface area contributed by atoms with Crippen molar-refractivity contribution in [3.05, 3.63) is 11.9 Å². The molecule has 18 heavy (non-hydrogen) atoms. The van der Waals surface area contributed by atoms with E-state index in [2.05, 4.69) is 5.10 Å². The molecule has 1 aromatic heterocycles. The number of halogens is 3. The van der Waals surface area contributed by atoms with Gasteiger partial charge in [-0.1, -0.05) is 6.92 Å².